The van der Waals surface area contributed by atoms with Gasteiger partial charge in [0.25, 0.3) is 0 Å². The van der Waals surface area contributed by atoms with Gasteiger partial charge in [-0.3, -0.25) is 4.55 Å². The molecule has 2 atom stereocenters. The maximum absolute atomic E-state index is 10.6. The van der Waals surface area contributed by atoms with Crippen molar-refractivity contribution in [2.24, 2.45) is 0 Å². The van der Waals surface area contributed by atoms with Crippen molar-refractivity contribution in [2.75, 3.05) is 23.4 Å². The van der Waals surface area contributed by atoms with Gasteiger partial charge in [0.05, 0.1) is 35.6 Å². The highest BCUT2D eigenvalue weighted by molar-refractivity contribution is 7.80. The summed E-state index contributed by atoms with van der Waals surface area (Å²) >= 11 is 0. The van der Waals surface area contributed by atoms with Crippen molar-refractivity contribution in [3.05, 3.63) is 36.4 Å². The van der Waals surface area contributed by atoms with Gasteiger partial charge in [0.15, 0.2) is 12.5 Å². The smallest absolute Gasteiger partial charge is 0.369 e. The number of aliphatic hydroxyl groups is 2. The topological polar surface area (TPSA) is 161 Å². The molecule has 3 rings (SSSR count). The van der Waals surface area contributed by atoms with Crippen LogP contribution in [0.1, 0.15) is 18.4 Å². The second-order valence-corrected chi connectivity index (χ2v) is 7.21. The lowest BCUT2D eigenvalue weighted by molar-refractivity contribution is 0.0309. The van der Waals surface area contributed by atoms with Crippen molar-refractivity contribution < 1.29 is 27.4 Å². The molecule has 1 aromatic heterocycles. The van der Waals surface area contributed by atoms with Crippen molar-refractivity contribution in [1.82, 2.24) is 9.55 Å². The summed E-state index contributed by atoms with van der Waals surface area (Å²) in [6, 6.07) is 5.38. The van der Waals surface area contributed by atoms with E-state index in [9.17, 15) is 23.9 Å². The largest absolute Gasteiger partial charge is 0.397 e. The fraction of sp³-hybridized carbons (Fsp3) is 0.375. The number of aliphatic hydroxyl groups excluding tert-OH is 2. The Bertz CT molecular complexity index is 972. The van der Waals surface area contributed by atoms with Gasteiger partial charge >= 0.3 is 10.4 Å². The number of nitrogens with zero attached hydrogens (tertiary/aromatic N) is 4. The lowest BCUT2D eigenvalue weighted by Crippen LogP contribution is -2.51. The fourth-order valence-electron chi connectivity index (χ4n) is 2.98. The maximum Gasteiger partial charge on any atom is 0.397 e. The van der Waals surface area contributed by atoms with E-state index in [1.54, 1.807) is 40.3 Å². The summed E-state index contributed by atoms with van der Waals surface area (Å²) < 4.78 is 35.6. The lowest BCUT2D eigenvalue weighted by atomic mass is 10.1. The Hall–Kier alpha value is -2.69. The first-order chi connectivity index (χ1) is 13.3. The molecule has 4 N–H and O–H groups in total. The van der Waals surface area contributed by atoms with Gasteiger partial charge in [-0.2, -0.15) is 13.7 Å². The number of rotatable bonds is 7. The van der Waals surface area contributed by atoms with E-state index in [-0.39, 0.29) is 13.2 Å². The quantitative estimate of drug-likeness (QED) is 0.367. The molecule has 1 aromatic carbocycles. The zero-order valence-electron chi connectivity index (χ0n) is 14.6. The van der Waals surface area contributed by atoms with Crippen LogP contribution in [-0.2, 0) is 14.6 Å². The molecular formula is C16H19N5O6S. The van der Waals surface area contributed by atoms with Crippen LogP contribution in [0, 0.1) is 11.3 Å². The van der Waals surface area contributed by atoms with Crippen molar-refractivity contribution in [1.29, 1.82) is 5.26 Å². The van der Waals surface area contributed by atoms with E-state index in [1.807, 2.05) is 0 Å². The summed E-state index contributed by atoms with van der Waals surface area (Å²) in [6.07, 6.45) is 2.99. The minimum atomic E-state index is -4.49. The first kappa shape index (κ1) is 20.1. The number of unbranched alkanes of at least 4 members (excludes halogenated alkanes) is 1. The normalized spacial score (nSPS) is 19.0. The van der Waals surface area contributed by atoms with Gasteiger partial charge in [0.2, 0.25) is 0 Å². The molecule has 0 saturated carbocycles. The van der Waals surface area contributed by atoms with Gasteiger partial charge in [0, 0.05) is 18.9 Å². The summed E-state index contributed by atoms with van der Waals surface area (Å²) in [7, 11) is -4.49. The lowest BCUT2D eigenvalue weighted by Gasteiger charge is -2.40. The number of anilines is 2. The van der Waals surface area contributed by atoms with Gasteiger partial charge in [-0.05, 0) is 25.0 Å². The van der Waals surface area contributed by atoms with Crippen LogP contribution in [0.4, 0.5) is 11.4 Å². The van der Waals surface area contributed by atoms with E-state index in [2.05, 4.69) is 20.6 Å². The second-order valence-electron chi connectivity index (χ2n) is 6.12. The molecule has 2 unspecified atom stereocenters. The monoisotopic (exact) mass is 409 g/mol. The highest BCUT2D eigenvalue weighted by atomic mass is 32.3. The molecule has 0 amide bonds. The summed E-state index contributed by atoms with van der Waals surface area (Å²) in [5, 5.41) is 32.7. The Kier molecular flexibility index (Phi) is 5.82. The van der Waals surface area contributed by atoms with Crippen molar-refractivity contribution in [2.45, 2.75) is 25.3 Å². The number of nitriles is 1. The molecule has 0 spiro atoms. The molecule has 1 aliphatic heterocycles. The Morgan fingerprint density at radius 3 is 2.71 bits per heavy atom. The Morgan fingerprint density at radius 2 is 2.07 bits per heavy atom. The zero-order valence-corrected chi connectivity index (χ0v) is 15.4. The molecule has 12 heteroatoms. The molecule has 28 heavy (non-hydrogen) atoms. The minimum absolute atomic E-state index is 0.204. The number of benzene rings is 1. The molecular weight excluding hydrogens is 390 g/mol. The number of imidazole rings is 1. The summed E-state index contributed by atoms with van der Waals surface area (Å²) in [4.78, 5) is 5.52. The van der Waals surface area contributed by atoms with Crippen molar-refractivity contribution >= 4 is 21.8 Å². The van der Waals surface area contributed by atoms with E-state index < -0.39 is 22.9 Å². The SMILES string of the molecule is N#Cc1cc2c(cc1-n1ccnc1)N(CCCCOS(=O)(=O)O)C(O)C(O)N2. The molecule has 0 bridgehead atoms. The average molecular weight is 409 g/mol. The predicted octanol–water partition coefficient (Wildman–Crippen LogP) is 0.212. The third kappa shape index (κ3) is 4.41. The number of aromatic nitrogens is 2. The third-order valence-corrected chi connectivity index (χ3v) is 4.72. The van der Waals surface area contributed by atoms with Crippen LogP contribution in [0.25, 0.3) is 5.69 Å². The molecule has 0 fully saturated rings. The van der Waals surface area contributed by atoms with Gasteiger partial charge in [0.1, 0.15) is 6.07 Å². The van der Waals surface area contributed by atoms with Gasteiger partial charge in [-0.15, -0.1) is 0 Å². The fourth-order valence-corrected chi connectivity index (χ4v) is 3.31. The van der Waals surface area contributed by atoms with Crippen LogP contribution in [-0.4, -0.2) is 58.3 Å². The van der Waals surface area contributed by atoms with Crippen molar-refractivity contribution in [3.63, 3.8) is 0 Å². The van der Waals surface area contributed by atoms with Crippen LogP contribution < -0.4 is 10.2 Å². The molecule has 150 valence electrons. The Morgan fingerprint density at radius 1 is 1.29 bits per heavy atom. The molecule has 1 aliphatic rings. The molecule has 0 saturated heterocycles. The highest BCUT2D eigenvalue weighted by Gasteiger charge is 2.32. The van der Waals surface area contributed by atoms with E-state index in [0.717, 1.165) is 0 Å². The van der Waals surface area contributed by atoms with Gasteiger partial charge in [-0.1, -0.05) is 0 Å². The standard InChI is InChI=1S/C16H19N5O6S/c17-9-11-7-12-14(8-13(11)20-5-3-18-10-20)21(16(23)15(22)19-12)4-1-2-6-27-28(24,25)26/h3,5,7-8,10,15-16,19,22-23H,1-2,4,6H2,(H,24,25,26). The van der Waals surface area contributed by atoms with Crippen LogP contribution in [0.15, 0.2) is 30.9 Å². The number of hydrogen-bond acceptors (Lipinski definition) is 9. The second kappa shape index (κ2) is 8.13. The zero-order chi connectivity index (χ0) is 20.3. The summed E-state index contributed by atoms with van der Waals surface area (Å²) in [6.45, 7) is 0.0705. The van der Waals surface area contributed by atoms with E-state index >= 15 is 0 Å². The molecule has 2 heterocycles. The molecule has 2 aromatic rings. The number of hydrogen-bond donors (Lipinski definition) is 4. The number of fused-ring (bicyclic) bond motifs is 1. The summed E-state index contributed by atoms with van der Waals surface area (Å²) in [5.41, 5.74) is 1.96. The first-order valence-corrected chi connectivity index (χ1v) is 9.74. The first-order valence-electron chi connectivity index (χ1n) is 8.38. The molecule has 0 aliphatic carbocycles. The van der Waals surface area contributed by atoms with E-state index in [4.69, 9.17) is 4.55 Å². The third-order valence-electron chi connectivity index (χ3n) is 4.26. The predicted molar refractivity (Wildman–Crippen MR) is 98.0 cm³/mol. The number of nitrogens with one attached hydrogen (secondary N) is 1. The highest BCUT2D eigenvalue weighted by Crippen LogP contribution is 2.36. The van der Waals surface area contributed by atoms with Crippen LogP contribution >= 0.6 is 0 Å². The van der Waals surface area contributed by atoms with Crippen molar-refractivity contribution in [3.8, 4) is 11.8 Å². The minimum Gasteiger partial charge on any atom is -0.369 e. The Balaban J connectivity index is 1.84. The molecule has 11 nitrogen and oxygen atoms in total. The van der Waals surface area contributed by atoms with Crippen LogP contribution in [0.5, 0.6) is 0 Å². The van der Waals surface area contributed by atoms with Gasteiger partial charge in [-0.25, -0.2) is 9.17 Å². The Labute approximate surface area is 161 Å². The van der Waals surface area contributed by atoms with Crippen LogP contribution in [0.3, 0.4) is 0 Å². The van der Waals surface area contributed by atoms with Gasteiger partial charge < -0.3 is 25.0 Å². The summed E-state index contributed by atoms with van der Waals surface area (Å²) in [5.74, 6) is 0. The maximum atomic E-state index is 10.6. The van der Waals surface area contributed by atoms with Crippen LogP contribution in [0.2, 0.25) is 0 Å². The average Bonchev–Trinajstić information content (AvgIpc) is 3.17. The van der Waals surface area contributed by atoms with E-state index in [1.165, 1.54) is 0 Å². The molecule has 0 radical (unpaired) electrons. The van der Waals surface area contributed by atoms with E-state index in [0.29, 0.717) is 35.5 Å².